The van der Waals surface area contributed by atoms with Crippen LogP contribution in [0.25, 0.3) is 0 Å². The first-order valence-electron chi connectivity index (χ1n) is 24.4. The molecule has 18 rings (SSSR count). The summed E-state index contributed by atoms with van der Waals surface area (Å²) in [6.07, 6.45) is 0. The summed E-state index contributed by atoms with van der Waals surface area (Å²) in [5.74, 6) is 8.31. The van der Waals surface area contributed by atoms with E-state index in [1.165, 1.54) is 44.4 Å². The number of nitrogens with zero attached hydrogens (tertiary/aromatic N) is 2. The third-order valence-corrected chi connectivity index (χ3v) is 16.3. The fourth-order valence-corrected chi connectivity index (χ4v) is 13.6. The number of para-hydroxylation sites is 5. The van der Waals surface area contributed by atoms with Gasteiger partial charge in [0, 0.05) is 63.2 Å². The topological polar surface area (TPSA) is 52.6 Å². The highest BCUT2D eigenvalue weighted by atomic mass is 16.5. The van der Waals surface area contributed by atoms with E-state index in [0.29, 0.717) is 0 Å². The SMILES string of the molecule is c1ccc(N2c3cc4c(cc3B3c5ccccc5N5c6ccccc6B6c7cc8c(cc7Oc7cc2c3c5c76)Oc2cccc3c2B8c2ccccc2O3)B2c3ccccc3Oc3cccc(c32)O4)cc1. The molecule has 0 amide bonds. The predicted molar refractivity (Wildman–Crippen MR) is 287 cm³/mol. The molecule has 0 spiro atoms. The van der Waals surface area contributed by atoms with Crippen LogP contribution in [0.4, 0.5) is 34.1 Å². The molecule has 0 unspecified atom stereocenters. The van der Waals surface area contributed by atoms with Gasteiger partial charge >= 0.3 is 0 Å². The lowest BCUT2D eigenvalue weighted by atomic mass is 9.28. The third-order valence-electron chi connectivity index (χ3n) is 16.3. The van der Waals surface area contributed by atoms with E-state index in [-0.39, 0.29) is 26.9 Å². The number of hydrogen-bond acceptors (Lipinski definition) is 7. The van der Waals surface area contributed by atoms with Crippen molar-refractivity contribution in [2.45, 2.75) is 0 Å². The smallest absolute Gasteiger partial charge is 0.260 e. The molecular weight excluding hydrogens is 872 g/mol. The Bertz CT molecular complexity index is 4120. The molecule has 8 heterocycles. The molecule has 11 heteroatoms. The normalized spacial score (nSPS) is 14.9. The molecule has 0 N–H and O–H groups in total. The molecule has 0 saturated heterocycles. The van der Waals surface area contributed by atoms with Crippen molar-refractivity contribution in [3.63, 3.8) is 0 Å². The summed E-state index contributed by atoms with van der Waals surface area (Å²) in [4.78, 5) is 4.98. The molecule has 0 aromatic heterocycles. The molecule has 0 radical (unpaired) electrons. The number of hydrogen-bond donors (Lipinski definition) is 0. The fourth-order valence-electron chi connectivity index (χ4n) is 13.6. The Morgan fingerprint density at radius 1 is 0.239 bits per heavy atom. The van der Waals surface area contributed by atoms with Gasteiger partial charge in [-0.15, -0.1) is 0 Å². The van der Waals surface area contributed by atoms with Gasteiger partial charge in [-0.05, 0) is 115 Å². The second-order valence-corrected chi connectivity index (χ2v) is 19.7. The average Bonchev–Trinajstić information content (AvgIpc) is 3.42. The van der Waals surface area contributed by atoms with Gasteiger partial charge < -0.3 is 33.5 Å². The van der Waals surface area contributed by atoms with Gasteiger partial charge in [0.05, 0.1) is 0 Å². The number of fused-ring (bicyclic) bond motifs is 18. The fraction of sp³-hybridized carbons (Fsp3) is 0. The van der Waals surface area contributed by atoms with Crippen molar-refractivity contribution in [3.05, 3.63) is 194 Å². The van der Waals surface area contributed by atoms with Gasteiger partial charge in [-0.25, -0.2) is 0 Å². The lowest BCUT2D eigenvalue weighted by molar-refractivity contribution is 0.456. The first kappa shape index (κ1) is 37.0. The molecule has 7 nitrogen and oxygen atoms in total. The van der Waals surface area contributed by atoms with Crippen LogP contribution >= 0.6 is 0 Å². The summed E-state index contributed by atoms with van der Waals surface area (Å²) < 4.78 is 34.4. The molecule has 8 aliphatic rings. The minimum absolute atomic E-state index is 0.0772. The number of benzene rings is 10. The van der Waals surface area contributed by atoms with Gasteiger partial charge in [0.25, 0.3) is 26.9 Å². The van der Waals surface area contributed by atoms with Gasteiger partial charge in [0.15, 0.2) is 0 Å². The number of anilines is 6. The monoisotopic (exact) mass is 904 g/mol. The Hall–Kier alpha value is -8.94. The third kappa shape index (κ3) is 4.60. The summed E-state index contributed by atoms with van der Waals surface area (Å²) in [5, 5.41) is 0. The Kier molecular flexibility index (Phi) is 6.79. The Morgan fingerprint density at radius 3 is 1.25 bits per heavy atom. The first-order chi connectivity index (χ1) is 35.2. The van der Waals surface area contributed by atoms with Crippen molar-refractivity contribution in [2.24, 2.45) is 0 Å². The van der Waals surface area contributed by atoms with E-state index < -0.39 is 0 Å². The molecule has 10 aromatic carbocycles. The van der Waals surface area contributed by atoms with E-state index in [1.54, 1.807) is 0 Å². The van der Waals surface area contributed by atoms with Crippen LogP contribution in [-0.2, 0) is 0 Å². The highest BCUT2D eigenvalue weighted by molar-refractivity contribution is 7.05. The van der Waals surface area contributed by atoms with Crippen LogP contribution in [0.5, 0.6) is 57.5 Å². The summed E-state index contributed by atoms with van der Waals surface area (Å²) >= 11 is 0. The standard InChI is InChI=1S/C60H32B4N2O5/c1-2-14-33(15-3-1)65-44-30-52-39(63-36-18-6-10-22-46(36)67-48-24-12-26-50(69-52)57(48)63)28-38(44)61-34-16-4-8-20-42(34)66-43-21-9-5-17-35(43)62-40-29-41-53(32-54(40)71-55-31-45(65)56(61)60(66)59(55)62)70-51-27-13-25-49-58(51)64(41)37-19-7-11-23-47(37)68-49/h1-32H. The quantitative estimate of drug-likeness (QED) is 0.183. The largest absolute Gasteiger partial charge is 0.458 e. The van der Waals surface area contributed by atoms with Crippen LogP contribution < -0.4 is 99.0 Å². The molecule has 0 saturated carbocycles. The maximum absolute atomic E-state index is 7.42. The summed E-state index contributed by atoms with van der Waals surface area (Å²) in [6, 6.07) is 69.6. The highest BCUT2D eigenvalue weighted by Gasteiger charge is 2.53. The van der Waals surface area contributed by atoms with Gasteiger partial charge in [0.1, 0.15) is 57.5 Å². The maximum atomic E-state index is 7.42. The highest BCUT2D eigenvalue weighted by Crippen LogP contribution is 2.49. The van der Waals surface area contributed by atoms with E-state index >= 15 is 0 Å². The first-order valence-corrected chi connectivity index (χ1v) is 24.4. The lowest BCUT2D eigenvalue weighted by Gasteiger charge is -2.49. The molecule has 10 aromatic rings. The van der Waals surface area contributed by atoms with Crippen molar-refractivity contribution < 1.29 is 23.7 Å². The maximum Gasteiger partial charge on any atom is 0.260 e. The number of rotatable bonds is 1. The molecule has 0 bridgehead atoms. The second kappa shape index (κ2) is 13.0. The van der Waals surface area contributed by atoms with Crippen molar-refractivity contribution in [2.75, 3.05) is 9.80 Å². The van der Waals surface area contributed by atoms with Crippen LogP contribution in [0.15, 0.2) is 194 Å². The zero-order chi connectivity index (χ0) is 45.8. The number of ether oxygens (including phenoxy) is 5. The summed E-state index contributed by atoms with van der Waals surface area (Å²) in [7, 11) is 0. The minimum Gasteiger partial charge on any atom is -0.458 e. The lowest BCUT2D eigenvalue weighted by Crippen LogP contribution is -2.69. The van der Waals surface area contributed by atoms with Crippen molar-refractivity contribution >= 4 is 127 Å². The van der Waals surface area contributed by atoms with Crippen LogP contribution in [0.3, 0.4) is 0 Å². The summed E-state index contributed by atoms with van der Waals surface area (Å²) in [5.41, 5.74) is 20.6. The molecule has 324 valence electrons. The molecular formula is C60H32B4N2O5. The van der Waals surface area contributed by atoms with E-state index in [0.717, 1.165) is 113 Å². The van der Waals surface area contributed by atoms with Crippen molar-refractivity contribution in [1.82, 2.24) is 0 Å². The van der Waals surface area contributed by atoms with Crippen LogP contribution in [0.1, 0.15) is 0 Å². The zero-order valence-corrected chi connectivity index (χ0v) is 37.7. The van der Waals surface area contributed by atoms with Gasteiger partial charge in [-0.2, -0.15) is 0 Å². The minimum atomic E-state index is -0.137. The Morgan fingerprint density at radius 2 is 0.662 bits per heavy atom. The average molecular weight is 904 g/mol. The molecule has 8 aliphatic heterocycles. The zero-order valence-electron chi connectivity index (χ0n) is 37.7. The molecule has 0 aliphatic carbocycles. The van der Waals surface area contributed by atoms with Crippen LogP contribution in [0.2, 0.25) is 0 Å². The van der Waals surface area contributed by atoms with E-state index in [1.807, 2.05) is 18.2 Å². The van der Waals surface area contributed by atoms with Crippen molar-refractivity contribution in [3.8, 4) is 57.5 Å². The predicted octanol–water partition coefficient (Wildman–Crippen LogP) is 6.16. The second-order valence-electron chi connectivity index (χ2n) is 19.7. The molecule has 71 heavy (non-hydrogen) atoms. The van der Waals surface area contributed by atoms with Crippen molar-refractivity contribution in [1.29, 1.82) is 0 Å². The van der Waals surface area contributed by atoms with Gasteiger partial charge in [-0.3, -0.25) is 0 Å². The van der Waals surface area contributed by atoms with E-state index in [2.05, 4.69) is 186 Å². The summed E-state index contributed by atoms with van der Waals surface area (Å²) in [6.45, 7) is -0.415. The Labute approximate surface area is 409 Å². The van der Waals surface area contributed by atoms with Gasteiger partial charge in [-0.1, -0.05) is 115 Å². The van der Waals surface area contributed by atoms with Crippen LogP contribution in [0, 0.1) is 0 Å². The molecule has 0 atom stereocenters. The Balaban J connectivity index is 0.918. The van der Waals surface area contributed by atoms with Crippen LogP contribution in [-0.4, -0.2) is 26.9 Å². The van der Waals surface area contributed by atoms with E-state index in [9.17, 15) is 0 Å². The van der Waals surface area contributed by atoms with Gasteiger partial charge in [0.2, 0.25) is 0 Å². The molecule has 0 fully saturated rings. The van der Waals surface area contributed by atoms with E-state index in [4.69, 9.17) is 23.7 Å².